The number of aromatic nitrogens is 1. The van der Waals surface area contributed by atoms with Crippen molar-refractivity contribution in [3.63, 3.8) is 0 Å². The molecule has 0 aliphatic heterocycles. The van der Waals surface area contributed by atoms with Crippen LogP contribution in [0.25, 0.3) is 0 Å². The van der Waals surface area contributed by atoms with Crippen LogP contribution in [-0.2, 0) is 0 Å². The summed E-state index contributed by atoms with van der Waals surface area (Å²) in [5.74, 6) is 0.457. The predicted molar refractivity (Wildman–Crippen MR) is 64.3 cm³/mol. The molecule has 6 heteroatoms. The Morgan fingerprint density at radius 3 is 2.93 bits per heavy atom. The molecule has 5 nitrogen and oxygen atoms in total. The van der Waals surface area contributed by atoms with Crippen molar-refractivity contribution < 1.29 is 0 Å². The van der Waals surface area contributed by atoms with Gasteiger partial charge in [-0.15, -0.1) is 11.3 Å². The smallest absolute Gasteiger partial charge is 0.212 e. The lowest BCUT2D eigenvalue weighted by atomic mass is 10.0. The minimum Gasteiger partial charge on any atom is -0.370 e. The molecule has 0 saturated carbocycles. The zero-order valence-corrected chi connectivity index (χ0v) is 9.63. The number of guanidine groups is 1. The van der Waals surface area contributed by atoms with Gasteiger partial charge in [0.05, 0.1) is 5.69 Å². The summed E-state index contributed by atoms with van der Waals surface area (Å²) < 4.78 is 0. The molecule has 0 amide bonds. The number of nitrogens with zero attached hydrogens (tertiary/aromatic N) is 2. The van der Waals surface area contributed by atoms with Crippen molar-refractivity contribution in [1.29, 1.82) is 0 Å². The summed E-state index contributed by atoms with van der Waals surface area (Å²) in [5.41, 5.74) is 17.0. The Bertz CT molecular complexity index is 329. The van der Waals surface area contributed by atoms with Gasteiger partial charge in [0.2, 0.25) is 5.13 Å². The highest BCUT2D eigenvalue weighted by molar-refractivity contribution is 7.13. The van der Waals surface area contributed by atoms with Gasteiger partial charge in [-0.05, 0) is 25.3 Å². The molecule has 0 bridgehead atoms. The third-order valence-electron chi connectivity index (χ3n) is 2.08. The lowest BCUT2D eigenvalue weighted by Crippen LogP contribution is -2.21. The van der Waals surface area contributed by atoms with Crippen molar-refractivity contribution in [2.24, 2.45) is 22.2 Å². The van der Waals surface area contributed by atoms with E-state index in [0.29, 0.717) is 11.0 Å². The monoisotopic (exact) mass is 227 g/mol. The summed E-state index contributed by atoms with van der Waals surface area (Å²) in [5, 5.41) is 2.60. The molecule has 0 spiro atoms. The SMILES string of the molecule is CC(CCCN)c1csc(N=C(N)N)n1. The number of hydrogen-bond acceptors (Lipinski definition) is 4. The first-order chi connectivity index (χ1) is 7.13. The molecule has 0 aromatic carbocycles. The summed E-state index contributed by atoms with van der Waals surface area (Å²) in [6.07, 6.45) is 2.05. The largest absolute Gasteiger partial charge is 0.370 e. The van der Waals surface area contributed by atoms with E-state index in [-0.39, 0.29) is 5.96 Å². The summed E-state index contributed by atoms with van der Waals surface area (Å²) in [7, 11) is 0. The standard InChI is InChI=1S/C9H17N5S/c1-6(3-2-4-10)7-5-15-9(13-7)14-8(11)12/h5-6H,2-4,10H2,1H3,(H4,11,12,13,14). The van der Waals surface area contributed by atoms with Crippen LogP contribution in [-0.4, -0.2) is 17.5 Å². The van der Waals surface area contributed by atoms with E-state index in [2.05, 4.69) is 16.9 Å². The fourth-order valence-corrected chi connectivity index (χ4v) is 2.06. The highest BCUT2D eigenvalue weighted by atomic mass is 32.1. The number of hydrogen-bond donors (Lipinski definition) is 3. The van der Waals surface area contributed by atoms with Gasteiger partial charge in [-0.2, -0.15) is 4.99 Å². The first-order valence-corrected chi connectivity index (χ1v) is 5.76. The van der Waals surface area contributed by atoms with Crippen molar-refractivity contribution >= 4 is 22.4 Å². The Kier molecular flexibility index (Phi) is 4.51. The van der Waals surface area contributed by atoms with Gasteiger partial charge in [0, 0.05) is 5.38 Å². The minimum absolute atomic E-state index is 0.0468. The molecule has 1 aromatic rings. The fourth-order valence-electron chi connectivity index (χ4n) is 1.24. The second-order valence-electron chi connectivity index (χ2n) is 3.42. The average molecular weight is 227 g/mol. The van der Waals surface area contributed by atoms with Crippen molar-refractivity contribution in [2.75, 3.05) is 6.54 Å². The molecule has 1 heterocycles. The van der Waals surface area contributed by atoms with Crippen LogP contribution >= 0.6 is 11.3 Å². The second-order valence-corrected chi connectivity index (χ2v) is 4.26. The van der Waals surface area contributed by atoms with Crippen molar-refractivity contribution in [1.82, 2.24) is 4.98 Å². The molecule has 0 aliphatic rings. The van der Waals surface area contributed by atoms with Gasteiger partial charge in [0.1, 0.15) is 0 Å². The number of rotatable bonds is 5. The molecule has 0 aliphatic carbocycles. The first kappa shape index (κ1) is 11.9. The van der Waals surface area contributed by atoms with Crippen LogP contribution in [0, 0.1) is 0 Å². The molecule has 0 saturated heterocycles. The summed E-state index contributed by atoms with van der Waals surface area (Å²) in [6.45, 7) is 2.85. The normalized spacial score (nSPS) is 12.4. The van der Waals surface area contributed by atoms with E-state index in [0.717, 1.165) is 25.1 Å². The molecule has 84 valence electrons. The second kappa shape index (κ2) is 5.67. The van der Waals surface area contributed by atoms with E-state index < -0.39 is 0 Å². The predicted octanol–water partition coefficient (Wildman–Crippen LogP) is 0.890. The molecule has 0 fully saturated rings. The van der Waals surface area contributed by atoms with Crippen LogP contribution in [0.2, 0.25) is 0 Å². The zero-order valence-electron chi connectivity index (χ0n) is 8.81. The first-order valence-electron chi connectivity index (χ1n) is 4.88. The van der Waals surface area contributed by atoms with Gasteiger partial charge in [-0.1, -0.05) is 6.92 Å². The molecule has 1 rings (SSSR count). The van der Waals surface area contributed by atoms with Crippen molar-refractivity contribution in [3.05, 3.63) is 11.1 Å². The maximum atomic E-state index is 5.45. The summed E-state index contributed by atoms with van der Waals surface area (Å²) in [4.78, 5) is 8.23. The van der Waals surface area contributed by atoms with Crippen LogP contribution in [0.5, 0.6) is 0 Å². The quantitative estimate of drug-likeness (QED) is 0.513. The van der Waals surface area contributed by atoms with Crippen molar-refractivity contribution in [2.45, 2.75) is 25.7 Å². The Balaban J connectivity index is 2.63. The van der Waals surface area contributed by atoms with Crippen LogP contribution in [0.3, 0.4) is 0 Å². The zero-order chi connectivity index (χ0) is 11.3. The third-order valence-corrected chi connectivity index (χ3v) is 2.83. The Morgan fingerprint density at radius 1 is 1.60 bits per heavy atom. The van der Waals surface area contributed by atoms with E-state index >= 15 is 0 Å². The Hall–Kier alpha value is -1.14. The third kappa shape index (κ3) is 3.85. The molecular formula is C9H17N5S. The summed E-state index contributed by atoms with van der Waals surface area (Å²) >= 11 is 1.45. The number of aliphatic imine (C=N–C) groups is 1. The van der Waals surface area contributed by atoms with E-state index in [1.165, 1.54) is 11.3 Å². The van der Waals surface area contributed by atoms with E-state index in [9.17, 15) is 0 Å². The summed E-state index contributed by atoms with van der Waals surface area (Å²) in [6, 6.07) is 0. The number of thiazole rings is 1. The van der Waals surface area contributed by atoms with Gasteiger partial charge in [-0.25, -0.2) is 4.98 Å². The van der Waals surface area contributed by atoms with Gasteiger partial charge < -0.3 is 17.2 Å². The number of nitrogens with two attached hydrogens (primary N) is 3. The molecule has 1 atom stereocenters. The maximum Gasteiger partial charge on any atom is 0.212 e. The Labute approximate surface area is 93.4 Å². The highest BCUT2D eigenvalue weighted by Crippen LogP contribution is 2.26. The molecular weight excluding hydrogens is 210 g/mol. The maximum absolute atomic E-state index is 5.45. The lowest BCUT2D eigenvalue weighted by Gasteiger charge is -2.05. The fraction of sp³-hybridized carbons (Fsp3) is 0.556. The van der Waals surface area contributed by atoms with E-state index in [1.54, 1.807) is 0 Å². The van der Waals surface area contributed by atoms with E-state index in [1.807, 2.05) is 5.38 Å². The molecule has 1 unspecified atom stereocenters. The van der Waals surface area contributed by atoms with Crippen LogP contribution < -0.4 is 17.2 Å². The average Bonchev–Trinajstić information content (AvgIpc) is 2.61. The van der Waals surface area contributed by atoms with Crippen LogP contribution in [0.1, 0.15) is 31.4 Å². The molecule has 15 heavy (non-hydrogen) atoms. The molecule has 1 aromatic heterocycles. The topological polar surface area (TPSA) is 103 Å². The lowest BCUT2D eigenvalue weighted by molar-refractivity contribution is 0.629. The van der Waals surface area contributed by atoms with Gasteiger partial charge >= 0.3 is 0 Å². The molecule has 0 radical (unpaired) electrons. The van der Waals surface area contributed by atoms with Crippen molar-refractivity contribution in [3.8, 4) is 0 Å². The Morgan fingerprint density at radius 2 is 2.33 bits per heavy atom. The van der Waals surface area contributed by atoms with Crippen LogP contribution in [0.15, 0.2) is 10.4 Å². The van der Waals surface area contributed by atoms with E-state index in [4.69, 9.17) is 17.2 Å². The highest BCUT2D eigenvalue weighted by Gasteiger charge is 2.09. The van der Waals surface area contributed by atoms with Crippen LogP contribution in [0.4, 0.5) is 5.13 Å². The van der Waals surface area contributed by atoms with Gasteiger partial charge in [-0.3, -0.25) is 0 Å². The molecule has 6 N–H and O–H groups in total. The van der Waals surface area contributed by atoms with Gasteiger partial charge in [0.15, 0.2) is 5.96 Å². The van der Waals surface area contributed by atoms with Gasteiger partial charge in [0.25, 0.3) is 0 Å². The minimum atomic E-state index is 0.0468.